The van der Waals surface area contributed by atoms with Crippen LogP contribution in [0.4, 0.5) is 31.5 Å². The summed E-state index contributed by atoms with van der Waals surface area (Å²) in [5.74, 6) is -2.62. The Hall–Kier alpha value is -3.81. The minimum Gasteiger partial charge on any atom is -0.354 e. The summed E-state index contributed by atoms with van der Waals surface area (Å²) in [5.41, 5.74) is 1.52. The number of carbonyl (C=O) groups is 2. The zero-order valence-corrected chi connectivity index (χ0v) is 14.8. The van der Waals surface area contributed by atoms with Crippen LogP contribution in [-0.2, 0) is 4.79 Å². The van der Waals surface area contributed by atoms with Crippen molar-refractivity contribution in [3.8, 4) is 0 Å². The summed E-state index contributed by atoms with van der Waals surface area (Å²) in [6, 6.07) is 13.4. The third-order valence-corrected chi connectivity index (χ3v) is 3.69. The van der Waals surface area contributed by atoms with Gasteiger partial charge in [0.15, 0.2) is 0 Å². The van der Waals surface area contributed by atoms with Crippen molar-refractivity contribution in [3.63, 3.8) is 0 Å². The lowest BCUT2D eigenvalue weighted by atomic mass is 10.2. The number of anilines is 4. The predicted octanol–water partition coefficient (Wildman–Crippen LogP) is 4.31. The molecule has 6 nitrogen and oxygen atoms in total. The van der Waals surface area contributed by atoms with Gasteiger partial charge in [-0.1, -0.05) is 6.07 Å². The van der Waals surface area contributed by atoms with Gasteiger partial charge in [-0.3, -0.25) is 9.59 Å². The second-order valence-corrected chi connectivity index (χ2v) is 5.87. The van der Waals surface area contributed by atoms with E-state index in [1.807, 2.05) is 0 Å². The largest absolute Gasteiger partial charge is 0.354 e. The Labute approximate surface area is 159 Å². The molecule has 0 saturated heterocycles. The molecule has 0 fully saturated rings. The number of halogens is 2. The lowest BCUT2D eigenvalue weighted by Crippen LogP contribution is -2.15. The molecule has 1 aromatic heterocycles. The summed E-state index contributed by atoms with van der Waals surface area (Å²) in [4.78, 5) is 27.2. The van der Waals surface area contributed by atoms with Gasteiger partial charge in [-0.2, -0.15) is 0 Å². The Morgan fingerprint density at radius 2 is 1.43 bits per heavy atom. The summed E-state index contributed by atoms with van der Waals surface area (Å²) in [6.45, 7) is 1.43. The molecule has 0 aliphatic rings. The topological polar surface area (TPSA) is 83.1 Å². The van der Waals surface area contributed by atoms with Gasteiger partial charge in [0, 0.05) is 18.3 Å². The van der Waals surface area contributed by atoms with Crippen LogP contribution in [0.5, 0.6) is 0 Å². The molecular weight excluding hydrogens is 366 g/mol. The smallest absolute Gasteiger partial charge is 0.274 e. The molecule has 142 valence electrons. The Balaban J connectivity index is 1.66. The molecule has 8 heteroatoms. The lowest BCUT2D eigenvalue weighted by molar-refractivity contribution is -0.114. The number of pyridine rings is 1. The zero-order valence-electron chi connectivity index (χ0n) is 14.8. The van der Waals surface area contributed by atoms with Crippen molar-refractivity contribution >= 4 is 34.6 Å². The predicted molar refractivity (Wildman–Crippen MR) is 103 cm³/mol. The van der Waals surface area contributed by atoms with Crippen LogP contribution in [0.2, 0.25) is 0 Å². The van der Waals surface area contributed by atoms with Crippen LogP contribution in [0.1, 0.15) is 17.4 Å². The van der Waals surface area contributed by atoms with Gasteiger partial charge >= 0.3 is 0 Å². The van der Waals surface area contributed by atoms with E-state index in [-0.39, 0.29) is 11.6 Å². The number of nitrogens with one attached hydrogen (secondary N) is 3. The van der Waals surface area contributed by atoms with E-state index >= 15 is 0 Å². The fraction of sp³-hybridized carbons (Fsp3) is 0.0500. The van der Waals surface area contributed by atoms with E-state index in [1.54, 1.807) is 30.3 Å². The average Bonchev–Trinajstić information content (AvgIpc) is 2.66. The van der Waals surface area contributed by atoms with Crippen molar-refractivity contribution < 1.29 is 18.4 Å². The minimum atomic E-state index is -0.866. The molecule has 2 amide bonds. The Kier molecular flexibility index (Phi) is 5.59. The number of para-hydroxylation sites is 1. The first-order valence-corrected chi connectivity index (χ1v) is 8.28. The first kappa shape index (κ1) is 19.0. The molecular formula is C20H16F2N4O2. The maximum absolute atomic E-state index is 13.6. The first-order valence-electron chi connectivity index (χ1n) is 8.28. The molecule has 0 radical (unpaired) electrons. The van der Waals surface area contributed by atoms with Crippen molar-refractivity contribution in [2.24, 2.45) is 0 Å². The second-order valence-electron chi connectivity index (χ2n) is 5.87. The van der Waals surface area contributed by atoms with Gasteiger partial charge in [-0.15, -0.1) is 0 Å². The molecule has 2 aromatic carbocycles. The highest BCUT2D eigenvalue weighted by molar-refractivity contribution is 6.03. The summed E-state index contributed by atoms with van der Waals surface area (Å²) in [6.07, 6.45) is 1.42. The minimum absolute atomic E-state index is 0.00853. The van der Waals surface area contributed by atoms with Gasteiger partial charge in [-0.25, -0.2) is 13.8 Å². The van der Waals surface area contributed by atoms with Crippen LogP contribution in [0.3, 0.4) is 0 Å². The lowest BCUT2D eigenvalue weighted by Gasteiger charge is -2.09. The maximum Gasteiger partial charge on any atom is 0.274 e. The van der Waals surface area contributed by atoms with E-state index in [0.29, 0.717) is 11.4 Å². The van der Waals surface area contributed by atoms with Crippen LogP contribution in [0, 0.1) is 11.6 Å². The summed E-state index contributed by atoms with van der Waals surface area (Å²) >= 11 is 0. The maximum atomic E-state index is 13.6. The van der Waals surface area contributed by atoms with E-state index in [0.717, 1.165) is 17.8 Å². The number of amides is 2. The molecule has 3 rings (SSSR count). The highest BCUT2D eigenvalue weighted by atomic mass is 19.1. The highest BCUT2D eigenvalue weighted by Crippen LogP contribution is 2.20. The van der Waals surface area contributed by atoms with Crippen molar-refractivity contribution in [1.82, 2.24) is 4.98 Å². The van der Waals surface area contributed by atoms with Crippen molar-refractivity contribution in [3.05, 3.63) is 78.1 Å². The normalized spacial score (nSPS) is 10.2. The summed E-state index contributed by atoms with van der Waals surface area (Å²) in [7, 11) is 0. The molecule has 0 aliphatic heterocycles. The van der Waals surface area contributed by atoms with Gasteiger partial charge in [0.1, 0.15) is 23.0 Å². The molecule has 1 heterocycles. The summed E-state index contributed by atoms with van der Waals surface area (Å²) < 4.78 is 27.2. The molecule has 3 aromatic rings. The number of hydrogen-bond donors (Lipinski definition) is 3. The second kappa shape index (κ2) is 8.26. The fourth-order valence-electron chi connectivity index (χ4n) is 2.40. The van der Waals surface area contributed by atoms with Crippen LogP contribution < -0.4 is 16.0 Å². The van der Waals surface area contributed by atoms with Gasteiger partial charge in [-0.05, 0) is 48.5 Å². The number of aromatic nitrogens is 1. The van der Waals surface area contributed by atoms with Crippen LogP contribution in [0.25, 0.3) is 0 Å². The number of benzene rings is 2. The van der Waals surface area contributed by atoms with Crippen LogP contribution >= 0.6 is 0 Å². The Morgan fingerprint density at radius 1 is 0.821 bits per heavy atom. The average molecular weight is 382 g/mol. The molecule has 0 saturated carbocycles. The summed E-state index contributed by atoms with van der Waals surface area (Å²) in [5, 5.41) is 7.94. The molecule has 0 aliphatic carbocycles. The number of hydrogen-bond acceptors (Lipinski definition) is 4. The number of rotatable bonds is 5. The van der Waals surface area contributed by atoms with Crippen molar-refractivity contribution in [2.45, 2.75) is 6.92 Å². The van der Waals surface area contributed by atoms with Crippen molar-refractivity contribution in [2.75, 3.05) is 16.0 Å². The third-order valence-electron chi connectivity index (χ3n) is 3.69. The van der Waals surface area contributed by atoms with E-state index < -0.39 is 23.2 Å². The fourth-order valence-corrected chi connectivity index (χ4v) is 2.40. The van der Waals surface area contributed by atoms with Crippen LogP contribution in [0.15, 0.2) is 60.8 Å². The Bertz CT molecular complexity index is 985. The van der Waals surface area contributed by atoms with E-state index in [4.69, 9.17) is 0 Å². The SMILES string of the molecule is CC(=O)Nc1ccc(Nc2ccc(C(=O)Nc3c(F)cccc3F)nc2)cc1. The number of carbonyl (C=O) groups excluding carboxylic acids is 2. The zero-order chi connectivity index (χ0) is 20.1. The Morgan fingerprint density at radius 3 is 2.00 bits per heavy atom. The monoisotopic (exact) mass is 382 g/mol. The van der Waals surface area contributed by atoms with Gasteiger partial charge < -0.3 is 16.0 Å². The molecule has 0 unspecified atom stereocenters. The first-order chi connectivity index (χ1) is 13.4. The highest BCUT2D eigenvalue weighted by Gasteiger charge is 2.14. The standard InChI is InChI=1S/C20H16F2N4O2/c1-12(27)24-13-5-7-14(8-6-13)25-15-9-10-18(23-11-15)20(28)26-19-16(21)3-2-4-17(19)22/h2-11,25H,1H3,(H,24,27)(H,26,28). The molecule has 0 atom stereocenters. The molecule has 0 spiro atoms. The number of nitrogens with zero attached hydrogens (tertiary/aromatic N) is 1. The molecule has 3 N–H and O–H groups in total. The van der Waals surface area contributed by atoms with Gasteiger partial charge in [0.25, 0.3) is 5.91 Å². The van der Waals surface area contributed by atoms with Gasteiger partial charge in [0.05, 0.1) is 11.9 Å². The van der Waals surface area contributed by atoms with Crippen molar-refractivity contribution in [1.29, 1.82) is 0 Å². The van der Waals surface area contributed by atoms with Crippen LogP contribution in [-0.4, -0.2) is 16.8 Å². The van der Waals surface area contributed by atoms with E-state index in [2.05, 4.69) is 20.9 Å². The quantitative estimate of drug-likeness (QED) is 0.614. The van der Waals surface area contributed by atoms with E-state index in [9.17, 15) is 18.4 Å². The molecule has 0 bridgehead atoms. The van der Waals surface area contributed by atoms with E-state index in [1.165, 1.54) is 25.3 Å². The molecule has 28 heavy (non-hydrogen) atoms. The van der Waals surface area contributed by atoms with Gasteiger partial charge in [0.2, 0.25) is 5.91 Å². The third kappa shape index (κ3) is 4.67.